The number of hydrogen-bond donors (Lipinski definition) is 0. The molecular weight excluding hydrogens is 352 g/mol. The Morgan fingerprint density at radius 1 is 0.931 bits per heavy atom. The van der Waals surface area contributed by atoms with Crippen molar-refractivity contribution in [3.63, 3.8) is 0 Å². The summed E-state index contributed by atoms with van der Waals surface area (Å²) in [5, 5.41) is 0. The van der Waals surface area contributed by atoms with Gasteiger partial charge in [-0.25, -0.2) is 0 Å². The van der Waals surface area contributed by atoms with Gasteiger partial charge in [-0.15, -0.1) is 0 Å². The van der Waals surface area contributed by atoms with Crippen LogP contribution < -0.4 is 4.74 Å². The van der Waals surface area contributed by atoms with E-state index in [9.17, 15) is 0 Å². The molecule has 3 rings (SSSR count). The van der Waals surface area contributed by atoms with Crippen LogP contribution in [0.4, 0.5) is 0 Å². The van der Waals surface area contributed by atoms with E-state index in [2.05, 4.69) is 62.1 Å². The highest BCUT2D eigenvalue weighted by molar-refractivity contribution is 5.30. The summed E-state index contributed by atoms with van der Waals surface area (Å²) in [6, 6.07) is 8.84. The summed E-state index contributed by atoms with van der Waals surface area (Å²) < 4.78 is 5.79. The van der Waals surface area contributed by atoms with Crippen molar-refractivity contribution in [1.82, 2.24) is 0 Å². The molecule has 2 aliphatic carbocycles. The van der Waals surface area contributed by atoms with Gasteiger partial charge in [0.25, 0.3) is 0 Å². The van der Waals surface area contributed by atoms with E-state index in [1.54, 1.807) is 0 Å². The number of unbranched alkanes of at least 4 members (excludes halogenated alkanes) is 1. The highest BCUT2D eigenvalue weighted by atomic mass is 16.5. The fourth-order valence-corrected chi connectivity index (χ4v) is 4.88. The third kappa shape index (κ3) is 7.26. The quantitative estimate of drug-likeness (QED) is 0.338. The van der Waals surface area contributed by atoms with Gasteiger partial charge in [0, 0.05) is 5.92 Å². The Kier molecular flexibility index (Phi) is 9.20. The predicted molar refractivity (Wildman–Crippen MR) is 124 cm³/mol. The summed E-state index contributed by atoms with van der Waals surface area (Å²) in [4.78, 5) is 0. The summed E-state index contributed by atoms with van der Waals surface area (Å²) >= 11 is 0. The van der Waals surface area contributed by atoms with Crippen LogP contribution in [0.3, 0.4) is 0 Å². The van der Waals surface area contributed by atoms with Crippen molar-refractivity contribution in [2.75, 3.05) is 6.61 Å². The van der Waals surface area contributed by atoms with Crippen LogP contribution in [0, 0.1) is 29.6 Å². The van der Waals surface area contributed by atoms with E-state index in [-0.39, 0.29) is 0 Å². The molecule has 0 radical (unpaired) electrons. The van der Waals surface area contributed by atoms with Gasteiger partial charge in [0.2, 0.25) is 0 Å². The van der Waals surface area contributed by atoms with Crippen LogP contribution in [0.2, 0.25) is 0 Å². The molecule has 0 amide bonds. The van der Waals surface area contributed by atoms with E-state index in [0.29, 0.717) is 11.8 Å². The normalized spacial score (nSPS) is 27.4. The largest absolute Gasteiger partial charge is 0.494 e. The lowest BCUT2D eigenvalue weighted by atomic mass is 9.79. The zero-order valence-corrected chi connectivity index (χ0v) is 18.7. The Morgan fingerprint density at radius 2 is 1.66 bits per heavy atom. The van der Waals surface area contributed by atoms with Gasteiger partial charge in [-0.3, -0.25) is 0 Å². The lowest BCUT2D eigenvalue weighted by Gasteiger charge is -2.26. The first-order chi connectivity index (χ1) is 14.3. The number of ether oxygens (including phenoxy) is 1. The van der Waals surface area contributed by atoms with Gasteiger partial charge in [0.1, 0.15) is 5.75 Å². The highest BCUT2D eigenvalue weighted by Crippen LogP contribution is 2.36. The van der Waals surface area contributed by atoms with E-state index in [0.717, 1.165) is 30.6 Å². The minimum Gasteiger partial charge on any atom is -0.494 e. The maximum atomic E-state index is 5.79. The van der Waals surface area contributed by atoms with Crippen LogP contribution in [-0.2, 0) is 0 Å². The zero-order valence-electron chi connectivity index (χ0n) is 18.7. The average molecular weight is 393 g/mol. The minimum atomic E-state index is 0.586. The van der Waals surface area contributed by atoms with Crippen LogP contribution in [0.15, 0.2) is 36.4 Å². The first kappa shape index (κ1) is 22.0. The Bertz CT molecular complexity index is 659. The smallest absolute Gasteiger partial charge is 0.119 e. The Morgan fingerprint density at radius 3 is 2.31 bits per heavy atom. The second-order valence-corrected chi connectivity index (χ2v) is 9.16. The van der Waals surface area contributed by atoms with E-state index in [1.165, 1.54) is 69.8 Å². The van der Waals surface area contributed by atoms with Gasteiger partial charge in [-0.05, 0) is 99.3 Å². The van der Waals surface area contributed by atoms with Crippen LogP contribution in [0.25, 0.3) is 0 Å². The number of rotatable bonds is 7. The molecule has 0 aliphatic heterocycles. The van der Waals surface area contributed by atoms with Gasteiger partial charge in [-0.1, -0.05) is 56.7 Å². The maximum absolute atomic E-state index is 5.79. The average Bonchev–Trinajstić information content (AvgIpc) is 2.78. The van der Waals surface area contributed by atoms with Crippen molar-refractivity contribution in [3.8, 4) is 17.6 Å². The molecule has 0 atom stereocenters. The minimum absolute atomic E-state index is 0.586. The molecular formula is C28H40O. The molecule has 1 aromatic rings. The molecule has 0 aromatic heterocycles. The molecule has 0 unspecified atom stereocenters. The molecule has 2 aliphatic rings. The zero-order chi connectivity index (χ0) is 20.3. The maximum Gasteiger partial charge on any atom is 0.119 e. The van der Waals surface area contributed by atoms with Crippen molar-refractivity contribution in [3.05, 3.63) is 42.0 Å². The molecule has 1 heteroatoms. The van der Waals surface area contributed by atoms with Crippen LogP contribution >= 0.6 is 0 Å². The Labute approximate surface area is 179 Å². The van der Waals surface area contributed by atoms with Gasteiger partial charge in [0.05, 0.1) is 6.61 Å². The summed E-state index contributed by atoms with van der Waals surface area (Å²) in [5.74, 6) is 10.9. The summed E-state index contributed by atoms with van der Waals surface area (Å²) in [5.41, 5.74) is 1.47. The molecule has 0 saturated heterocycles. The summed E-state index contributed by atoms with van der Waals surface area (Å²) in [7, 11) is 0. The molecule has 1 nitrogen and oxygen atoms in total. The Hall–Kier alpha value is -1.68. The predicted octanol–water partition coefficient (Wildman–Crippen LogP) is 7.92. The second-order valence-electron chi connectivity index (χ2n) is 9.16. The molecule has 0 spiro atoms. The van der Waals surface area contributed by atoms with Crippen molar-refractivity contribution < 1.29 is 4.74 Å². The van der Waals surface area contributed by atoms with Gasteiger partial charge in [-0.2, -0.15) is 0 Å². The highest BCUT2D eigenvalue weighted by Gasteiger charge is 2.21. The van der Waals surface area contributed by atoms with Gasteiger partial charge >= 0.3 is 0 Å². The standard InChI is InChI=1S/C28H40O/c1-3-5-22-29-28-20-18-27(19-21-28)26-16-14-25(15-17-26)9-7-6-8-24-12-10-23(4-2)11-13-24/h6,8,18-21,23-26H,3-5,10-17,22H2,1-2H3/b8-6+/t23-,24-,25-,26-. The van der Waals surface area contributed by atoms with Crippen LogP contribution in [0.5, 0.6) is 5.75 Å². The lowest BCUT2D eigenvalue weighted by Crippen LogP contribution is -2.12. The molecule has 29 heavy (non-hydrogen) atoms. The van der Waals surface area contributed by atoms with Crippen molar-refractivity contribution in [1.29, 1.82) is 0 Å². The van der Waals surface area contributed by atoms with E-state index in [1.807, 2.05) is 0 Å². The number of allylic oxidation sites excluding steroid dienone is 2. The van der Waals surface area contributed by atoms with E-state index >= 15 is 0 Å². The van der Waals surface area contributed by atoms with E-state index in [4.69, 9.17) is 4.74 Å². The summed E-state index contributed by atoms with van der Waals surface area (Å²) in [6.07, 6.45) is 18.8. The fraction of sp³-hybridized carbons (Fsp3) is 0.643. The monoisotopic (exact) mass is 392 g/mol. The first-order valence-electron chi connectivity index (χ1n) is 12.2. The van der Waals surface area contributed by atoms with Crippen molar-refractivity contribution >= 4 is 0 Å². The third-order valence-corrected chi connectivity index (χ3v) is 7.05. The second kappa shape index (κ2) is 12.1. The van der Waals surface area contributed by atoms with Gasteiger partial charge < -0.3 is 4.74 Å². The topological polar surface area (TPSA) is 9.23 Å². The first-order valence-corrected chi connectivity index (χ1v) is 12.2. The summed E-state index contributed by atoms with van der Waals surface area (Å²) in [6.45, 7) is 5.36. The molecule has 0 bridgehead atoms. The molecule has 158 valence electrons. The fourth-order valence-electron chi connectivity index (χ4n) is 4.88. The Balaban J connectivity index is 1.38. The molecule has 2 fully saturated rings. The van der Waals surface area contributed by atoms with Crippen LogP contribution in [-0.4, -0.2) is 6.61 Å². The lowest BCUT2D eigenvalue weighted by molar-refractivity contribution is 0.304. The van der Waals surface area contributed by atoms with Crippen LogP contribution in [0.1, 0.15) is 96.0 Å². The van der Waals surface area contributed by atoms with E-state index < -0.39 is 0 Å². The SMILES string of the molecule is CCCCOc1ccc([C@H]2CC[C@H](C#C/C=C/[C@H]3CC[C@H](CC)CC3)CC2)cc1. The van der Waals surface area contributed by atoms with Crippen molar-refractivity contribution in [2.24, 2.45) is 17.8 Å². The number of hydrogen-bond acceptors (Lipinski definition) is 1. The van der Waals surface area contributed by atoms with Gasteiger partial charge in [0.15, 0.2) is 0 Å². The molecule has 2 saturated carbocycles. The van der Waals surface area contributed by atoms with Crippen molar-refractivity contribution in [2.45, 2.75) is 90.4 Å². The molecule has 0 N–H and O–H groups in total. The number of benzene rings is 1. The molecule has 1 aromatic carbocycles. The molecule has 0 heterocycles. The third-order valence-electron chi connectivity index (χ3n) is 7.05.